The molecule has 0 fully saturated rings. The molecule has 0 bridgehead atoms. The van der Waals surface area contributed by atoms with E-state index >= 15 is 0 Å². The smallest absolute Gasteiger partial charge is 0.338 e. The number of hydrogen-bond acceptors (Lipinski definition) is 4. The molecule has 100 valence electrons. The Hall–Kier alpha value is -1.60. The zero-order valence-corrected chi connectivity index (χ0v) is 11.0. The monoisotopic (exact) mass is 272 g/mol. The molecule has 0 aliphatic rings. The molecule has 3 N–H and O–H groups in total. The number of nitrogens with one attached hydrogen (secondary N) is 2. The summed E-state index contributed by atoms with van der Waals surface area (Å²) in [5, 5.41) is 16.1. The number of methoxy groups -OCH3 is 1. The molecule has 0 spiro atoms. The highest BCUT2D eigenvalue weighted by molar-refractivity contribution is 7.14. The van der Waals surface area contributed by atoms with Crippen molar-refractivity contribution in [1.82, 2.24) is 5.32 Å². The molecule has 1 unspecified atom stereocenters. The second kappa shape index (κ2) is 6.97. The average Bonchev–Trinajstić information content (AvgIpc) is 2.74. The quantitative estimate of drug-likeness (QED) is 0.739. The van der Waals surface area contributed by atoms with Crippen LogP contribution in [0.15, 0.2) is 11.4 Å². The standard InChI is InChI=1S/C11H16N2O4S/c1-7(3-5-17-2)12-11(16)13-9-8(10(14)15)4-6-18-9/h4,6-7H,3,5H2,1-2H3,(H,14,15)(H2,12,13,16). The van der Waals surface area contributed by atoms with Crippen LogP contribution >= 0.6 is 11.3 Å². The first-order valence-electron chi connectivity index (χ1n) is 5.41. The molecule has 0 saturated carbocycles. The minimum atomic E-state index is -1.06. The van der Waals surface area contributed by atoms with E-state index < -0.39 is 12.0 Å². The summed E-state index contributed by atoms with van der Waals surface area (Å²) in [4.78, 5) is 22.5. The van der Waals surface area contributed by atoms with Gasteiger partial charge in [0, 0.05) is 19.8 Å². The number of hydrogen-bond donors (Lipinski definition) is 3. The van der Waals surface area contributed by atoms with Gasteiger partial charge in [0.2, 0.25) is 0 Å². The van der Waals surface area contributed by atoms with Crippen molar-refractivity contribution in [2.45, 2.75) is 19.4 Å². The average molecular weight is 272 g/mol. The number of thiophene rings is 1. The van der Waals surface area contributed by atoms with Crippen LogP contribution in [0, 0.1) is 0 Å². The summed E-state index contributed by atoms with van der Waals surface area (Å²) in [5.41, 5.74) is 0.0969. The molecule has 0 aliphatic carbocycles. The lowest BCUT2D eigenvalue weighted by Gasteiger charge is -2.13. The highest BCUT2D eigenvalue weighted by atomic mass is 32.1. The molecular formula is C11H16N2O4S. The van der Waals surface area contributed by atoms with E-state index in [1.54, 1.807) is 12.5 Å². The fraction of sp³-hybridized carbons (Fsp3) is 0.455. The Morgan fingerprint density at radius 1 is 1.56 bits per heavy atom. The van der Waals surface area contributed by atoms with Crippen LogP contribution in [-0.4, -0.2) is 36.9 Å². The minimum Gasteiger partial charge on any atom is -0.478 e. The Bertz CT molecular complexity index is 419. The number of anilines is 1. The molecule has 1 atom stereocenters. The van der Waals surface area contributed by atoms with Gasteiger partial charge in [-0.2, -0.15) is 0 Å². The van der Waals surface area contributed by atoms with Crippen LogP contribution in [0.5, 0.6) is 0 Å². The maximum absolute atomic E-state index is 11.6. The molecule has 1 rings (SSSR count). The number of ether oxygens (including phenoxy) is 1. The zero-order valence-electron chi connectivity index (χ0n) is 10.2. The van der Waals surface area contributed by atoms with Crippen molar-refractivity contribution in [3.63, 3.8) is 0 Å². The molecule has 6 nitrogen and oxygen atoms in total. The van der Waals surface area contributed by atoms with E-state index in [9.17, 15) is 9.59 Å². The van der Waals surface area contributed by atoms with Gasteiger partial charge < -0.3 is 15.2 Å². The van der Waals surface area contributed by atoms with E-state index in [1.165, 1.54) is 17.4 Å². The third-order valence-electron chi connectivity index (χ3n) is 2.26. The second-order valence-electron chi connectivity index (χ2n) is 3.75. The van der Waals surface area contributed by atoms with Crippen molar-refractivity contribution in [2.24, 2.45) is 0 Å². The van der Waals surface area contributed by atoms with Crippen LogP contribution in [-0.2, 0) is 4.74 Å². The molecule has 0 aliphatic heterocycles. The van der Waals surface area contributed by atoms with Crippen molar-refractivity contribution >= 4 is 28.3 Å². The van der Waals surface area contributed by atoms with Crippen molar-refractivity contribution < 1.29 is 19.4 Å². The predicted molar refractivity (Wildman–Crippen MR) is 69.4 cm³/mol. The summed E-state index contributed by atoms with van der Waals surface area (Å²) in [7, 11) is 1.59. The second-order valence-corrected chi connectivity index (χ2v) is 4.67. The summed E-state index contributed by atoms with van der Waals surface area (Å²) < 4.78 is 4.90. The van der Waals surface area contributed by atoms with Gasteiger partial charge in [0.25, 0.3) is 0 Å². The first-order valence-corrected chi connectivity index (χ1v) is 6.29. The third-order valence-corrected chi connectivity index (χ3v) is 3.09. The zero-order chi connectivity index (χ0) is 13.5. The molecule has 2 amide bonds. The molecular weight excluding hydrogens is 256 g/mol. The number of carboxylic acids is 1. The molecule has 0 aromatic carbocycles. The van der Waals surface area contributed by atoms with Gasteiger partial charge in [-0.1, -0.05) is 0 Å². The Labute approximate surface area is 109 Å². The Morgan fingerprint density at radius 3 is 2.89 bits per heavy atom. The SMILES string of the molecule is COCCC(C)NC(=O)Nc1sccc1C(=O)O. The molecule has 1 aromatic heterocycles. The minimum absolute atomic E-state index is 0.0433. The third kappa shape index (κ3) is 4.34. The first-order chi connectivity index (χ1) is 8.54. The fourth-order valence-corrected chi connectivity index (χ4v) is 2.08. The van der Waals surface area contributed by atoms with Crippen LogP contribution < -0.4 is 10.6 Å². The van der Waals surface area contributed by atoms with Gasteiger partial charge in [0.1, 0.15) is 5.00 Å². The Kier molecular flexibility index (Phi) is 5.60. The summed E-state index contributed by atoms with van der Waals surface area (Å²) in [6, 6.07) is 0.999. The number of carbonyl (C=O) groups excluding carboxylic acids is 1. The van der Waals surface area contributed by atoms with E-state index in [1.807, 2.05) is 6.92 Å². The van der Waals surface area contributed by atoms with Gasteiger partial charge in [0.15, 0.2) is 0 Å². The maximum Gasteiger partial charge on any atom is 0.338 e. The molecule has 1 aromatic rings. The van der Waals surface area contributed by atoms with E-state index in [2.05, 4.69) is 10.6 Å². The van der Waals surface area contributed by atoms with E-state index in [4.69, 9.17) is 9.84 Å². The highest BCUT2D eigenvalue weighted by Gasteiger charge is 2.14. The molecule has 1 heterocycles. The summed E-state index contributed by atoms with van der Waals surface area (Å²) >= 11 is 1.17. The normalized spacial score (nSPS) is 11.9. The Balaban J connectivity index is 2.49. The van der Waals surface area contributed by atoms with Gasteiger partial charge in [-0.05, 0) is 24.8 Å². The summed E-state index contributed by atoms with van der Waals surface area (Å²) in [5.74, 6) is -1.06. The van der Waals surface area contributed by atoms with E-state index in [-0.39, 0.29) is 11.6 Å². The van der Waals surface area contributed by atoms with Gasteiger partial charge in [-0.3, -0.25) is 5.32 Å². The predicted octanol–water partition coefficient (Wildman–Crippen LogP) is 1.99. The fourth-order valence-electron chi connectivity index (χ4n) is 1.30. The van der Waals surface area contributed by atoms with Crippen LogP contribution in [0.1, 0.15) is 23.7 Å². The number of amides is 2. The van der Waals surface area contributed by atoms with Crippen LogP contribution in [0.2, 0.25) is 0 Å². The number of carbonyl (C=O) groups is 2. The van der Waals surface area contributed by atoms with Crippen LogP contribution in [0.3, 0.4) is 0 Å². The van der Waals surface area contributed by atoms with Gasteiger partial charge in [0.05, 0.1) is 5.56 Å². The van der Waals surface area contributed by atoms with Gasteiger partial charge in [-0.25, -0.2) is 9.59 Å². The van der Waals surface area contributed by atoms with Crippen molar-refractivity contribution in [1.29, 1.82) is 0 Å². The number of rotatable bonds is 6. The lowest BCUT2D eigenvalue weighted by molar-refractivity contribution is 0.0698. The van der Waals surface area contributed by atoms with E-state index in [0.29, 0.717) is 18.0 Å². The van der Waals surface area contributed by atoms with Crippen molar-refractivity contribution in [3.8, 4) is 0 Å². The highest BCUT2D eigenvalue weighted by Crippen LogP contribution is 2.22. The lowest BCUT2D eigenvalue weighted by Crippen LogP contribution is -2.36. The topological polar surface area (TPSA) is 87.7 Å². The van der Waals surface area contributed by atoms with E-state index in [0.717, 1.165) is 0 Å². The number of carboxylic acid groups (broad SMARTS) is 1. The van der Waals surface area contributed by atoms with Gasteiger partial charge >= 0.3 is 12.0 Å². The maximum atomic E-state index is 11.6. The summed E-state index contributed by atoms with van der Waals surface area (Å²) in [6.07, 6.45) is 0.695. The van der Waals surface area contributed by atoms with Crippen LogP contribution in [0.4, 0.5) is 9.80 Å². The van der Waals surface area contributed by atoms with Crippen molar-refractivity contribution in [3.05, 3.63) is 17.0 Å². The molecule has 18 heavy (non-hydrogen) atoms. The number of aromatic carboxylic acids is 1. The van der Waals surface area contributed by atoms with Crippen LogP contribution in [0.25, 0.3) is 0 Å². The molecule has 0 saturated heterocycles. The molecule has 7 heteroatoms. The number of urea groups is 1. The van der Waals surface area contributed by atoms with Gasteiger partial charge in [-0.15, -0.1) is 11.3 Å². The summed E-state index contributed by atoms with van der Waals surface area (Å²) in [6.45, 7) is 2.41. The lowest BCUT2D eigenvalue weighted by atomic mass is 10.2. The first kappa shape index (κ1) is 14.5. The molecule has 0 radical (unpaired) electrons. The Morgan fingerprint density at radius 2 is 2.28 bits per heavy atom. The van der Waals surface area contributed by atoms with Crippen molar-refractivity contribution in [2.75, 3.05) is 19.0 Å². The largest absolute Gasteiger partial charge is 0.478 e.